The van der Waals surface area contributed by atoms with Gasteiger partial charge in [-0.15, -0.1) is 23.1 Å². The van der Waals surface area contributed by atoms with Gasteiger partial charge in [0.1, 0.15) is 10.9 Å². The molecule has 3 N–H and O–H groups in total. The van der Waals surface area contributed by atoms with Crippen LogP contribution >= 0.6 is 46.3 Å². The predicted molar refractivity (Wildman–Crippen MR) is 181 cm³/mol. The molecule has 5 rings (SSSR count). The molecule has 0 radical (unpaired) electrons. The van der Waals surface area contributed by atoms with E-state index in [1.54, 1.807) is 66.7 Å². The quantitative estimate of drug-likeness (QED) is 0.103. The molecule has 0 saturated carbocycles. The molecule has 0 spiro atoms. The maximum atomic E-state index is 13.6. The van der Waals surface area contributed by atoms with E-state index in [0.717, 1.165) is 15.3 Å². The van der Waals surface area contributed by atoms with Gasteiger partial charge >= 0.3 is 0 Å². The second kappa shape index (κ2) is 14.9. The lowest BCUT2D eigenvalue weighted by Gasteiger charge is -2.18. The first kappa shape index (κ1) is 31.1. The molecule has 0 saturated heterocycles. The van der Waals surface area contributed by atoms with Gasteiger partial charge in [0, 0.05) is 21.0 Å². The highest BCUT2D eigenvalue weighted by Crippen LogP contribution is 2.38. The van der Waals surface area contributed by atoms with Gasteiger partial charge in [-0.25, -0.2) is 0 Å². The zero-order valence-electron chi connectivity index (χ0n) is 23.0. The van der Waals surface area contributed by atoms with Crippen molar-refractivity contribution >= 4 is 81.5 Å². The van der Waals surface area contributed by atoms with E-state index in [4.69, 9.17) is 23.2 Å². The molecular formula is C34H25Cl2N3O3S2. The van der Waals surface area contributed by atoms with Gasteiger partial charge in [-0.05, 0) is 65.6 Å². The number of carbonyl (C=O) groups excluding carboxylic acids is 3. The number of anilines is 2. The van der Waals surface area contributed by atoms with Crippen LogP contribution in [0.5, 0.6) is 0 Å². The SMILES string of the molecule is O=C(Nc1cccc(SC(C(=O)Nc2cccc(Cl)c2Cl)c2ccccc2)c1)/C(=C/c1cccs1)NC(=O)c1ccccc1. The first-order chi connectivity index (χ1) is 21.4. The lowest BCUT2D eigenvalue weighted by Crippen LogP contribution is -2.30. The summed E-state index contributed by atoms with van der Waals surface area (Å²) >= 11 is 15.2. The van der Waals surface area contributed by atoms with E-state index in [1.807, 2.05) is 60.0 Å². The first-order valence-electron chi connectivity index (χ1n) is 13.4. The predicted octanol–water partition coefficient (Wildman–Crippen LogP) is 8.94. The molecular weight excluding hydrogens is 633 g/mol. The molecule has 0 fully saturated rings. The monoisotopic (exact) mass is 657 g/mol. The number of carbonyl (C=O) groups is 3. The van der Waals surface area contributed by atoms with Crippen LogP contribution in [0, 0.1) is 0 Å². The molecule has 1 heterocycles. The third kappa shape index (κ3) is 8.18. The molecule has 5 aromatic rings. The fourth-order valence-corrected chi connectivity index (χ4v) is 6.23. The van der Waals surface area contributed by atoms with Crippen LogP contribution in [-0.2, 0) is 9.59 Å². The van der Waals surface area contributed by atoms with Crippen molar-refractivity contribution in [2.45, 2.75) is 10.1 Å². The van der Waals surface area contributed by atoms with Gasteiger partial charge in [-0.2, -0.15) is 0 Å². The second-order valence-corrected chi connectivity index (χ2v) is 12.3. The molecule has 0 aliphatic heterocycles. The van der Waals surface area contributed by atoms with Crippen LogP contribution < -0.4 is 16.0 Å². The van der Waals surface area contributed by atoms with Gasteiger partial charge in [0.25, 0.3) is 11.8 Å². The minimum atomic E-state index is -0.642. The minimum Gasteiger partial charge on any atom is -0.323 e. The van der Waals surface area contributed by atoms with Gasteiger partial charge in [-0.3, -0.25) is 14.4 Å². The number of thiophene rings is 1. The van der Waals surface area contributed by atoms with Gasteiger partial charge in [-0.1, -0.05) is 89.9 Å². The second-order valence-electron chi connectivity index (χ2n) is 9.37. The summed E-state index contributed by atoms with van der Waals surface area (Å²) in [5, 5.41) is 10.4. The summed E-state index contributed by atoms with van der Waals surface area (Å²) in [7, 11) is 0. The fourth-order valence-electron chi connectivity index (χ4n) is 4.14. The summed E-state index contributed by atoms with van der Waals surface area (Å²) < 4.78 is 0. The molecule has 1 atom stereocenters. The number of hydrogen-bond donors (Lipinski definition) is 3. The largest absolute Gasteiger partial charge is 0.323 e. The summed E-state index contributed by atoms with van der Waals surface area (Å²) in [5.41, 5.74) is 2.22. The molecule has 220 valence electrons. The van der Waals surface area contributed by atoms with E-state index in [9.17, 15) is 14.4 Å². The van der Waals surface area contributed by atoms with Crippen molar-refractivity contribution in [2.24, 2.45) is 0 Å². The highest BCUT2D eigenvalue weighted by atomic mass is 35.5. The molecule has 4 aromatic carbocycles. The minimum absolute atomic E-state index is 0.0966. The number of hydrogen-bond acceptors (Lipinski definition) is 5. The zero-order valence-corrected chi connectivity index (χ0v) is 26.1. The lowest BCUT2D eigenvalue weighted by atomic mass is 10.1. The molecule has 1 aromatic heterocycles. The number of benzene rings is 4. The summed E-state index contributed by atoms with van der Waals surface area (Å²) in [6.45, 7) is 0. The Bertz CT molecular complexity index is 1800. The Labute approximate surface area is 273 Å². The van der Waals surface area contributed by atoms with E-state index >= 15 is 0 Å². The molecule has 0 bridgehead atoms. The molecule has 1 unspecified atom stereocenters. The molecule has 0 aliphatic rings. The zero-order chi connectivity index (χ0) is 30.9. The Hall–Kier alpha value is -4.34. The summed E-state index contributed by atoms with van der Waals surface area (Å²) in [6, 6.07) is 34.0. The number of halogens is 2. The molecule has 10 heteroatoms. The van der Waals surface area contributed by atoms with Crippen molar-refractivity contribution in [3.63, 3.8) is 0 Å². The van der Waals surface area contributed by atoms with Crippen LogP contribution in [0.4, 0.5) is 11.4 Å². The first-order valence-corrected chi connectivity index (χ1v) is 15.9. The number of thioether (sulfide) groups is 1. The van der Waals surface area contributed by atoms with Crippen LogP contribution in [-0.4, -0.2) is 17.7 Å². The van der Waals surface area contributed by atoms with Crippen molar-refractivity contribution in [1.82, 2.24) is 5.32 Å². The maximum Gasteiger partial charge on any atom is 0.272 e. The smallest absolute Gasteiger partial charge is 0.272 e. The van der Waals surface area contributed by atoms with Crippen LogP contribution in [0.1, 0.15) is 26.0 Å². The normalized spacial score (nSPS) is 11.8. The van der Waals surface area contributed by atoms with Crippen molar-refractivity contribution in [3.05, 3.63) is 152 Å². The Kier molecular flexibility index (Phi) is 10.5. The van der Waals surface area contributed by atoms with E-state index in [-0.39, 0.29) is 16.6 Å². The van der Waals surface area contributed by atoms with Crippen molar-refractivity contribution < 1.29 is 14.4 Å². The van der Waals surface area contributed by atoms with Crippen molar-refractivity contribution in [2.75, 3.05) is 10.6 Å². The average Bonchev–Trinajstić information content (AvgIpc) is 3.56. The highest BCUT2D eigenvalue weighted by molar-refractivity contribution is 8.00. The Morgan fingerprint density at radius 1 is 0.773 bits per heavy atom. The number of nitrogens with one attached hydrogen (secondary N) is 3. The number of amides is 3. The molecule has 44 heavy (non-hydrogen) atoms. The fraction of sp³-hybridized carbons (Fsp3) is 0.0294. The van der Waals surface area contributed by atoms with Crippen LogP contribution in [0.15, 0.2) is 131 Å². The third-order valence-electron chi connectivity index (χ3n) is 6.25. The van der Waals surface area contributed by atoms with Crippen LogP contribution in [0.25, 0.3) is 6.08 Å². The summed E-state index contributed by atoms with van der Waals surface area (Å²) in [4.78, 5) is 41.4. The molecule has 3 amide bonds. The van der Waals surface area contributed by atoms with Gasteiger partial charge in [0.2, 0.25) is 5.91 Å². The lowest BCUT2D eigenvalue weighted by molar-refractivity contribution is -0.116. The maximum absolute atomic E-state index is 13.6. The Morgan fingerprint density at radius 2 is 1.50 bits per heavy atom. The topological polar surface area (TPSA) is 87.3 Å². The number of rotatable bonds is 10. The van der Waals surface area contributed by atoms with E-state index < -0.39 is 17.1 Å². The summed E-state index contributed by atoms with van der Waals surface area (Å²) in [6.07, 6.45) is 1.64. The van der Waals surface area contributed by atoms with Crippen molar-refractivity contribution in [3.8, 4) is 0 Å². The molecule has 0 aliphatic carbocycles. The van der Waals surface area contributed by atoms with E-state index in [0.29, 0.717) is 22.0 Å². The van der Waals surface area contributed by atoms with Gasteiger partial charge in [0.05, 0.1) is 15.7 Å². The van der Waals surface area contributed by atoms with Gasteiger partial charge < -0.3 is 16.0 Å². The van der Waals surface area contributed by atoms with E-state index in [2.05, 4.69) is 16.0 Å². The molecule has 6 nitrogen and oxygen atoms in total. The highest BCUT2D eigenvalue weighted by Gasteiger charge is 2.24. The van der Waals surface area contributed by atoms with Crippen molar-refractivity contribution in [1.29, 1.82) is 0 Å². The Balaban J connectivity index is 1.36. The van der Waals surface area contributed by atoms with Crippen LogP contribution in [0.2, 0.25) is 10.0 Å². The summed E-state index contributed by atoms with van der Waals surface area (Å²) in [5.74, 6) is -1.17. The van der Waals surface area contributed by atoms with E-state index in [1.165, 1.54) is 23.1 Å². The third-order valence-corrected chi connectivity index (χ3v) is 9.14. The average molecular weight is 659 g/mol. The van der Waals surface area contributed by atoms with Crippen LogP contribution in [0.3, 0.4) is 0 Å². The standard InChI is InChI=1S/C34H25Cl2N3O3S2/c35-27-17-8-18-28(30(27)36)38-34(42)31(22-10-3-1-4-11-22)44-26-15-7-14-24(20-26)37-33(41)29(21-25-16-9-19-43-25)39-32(40)23-12-5-2-6-13-23/h1-21,31H,(H,37,41)(H,38,42)(H,39,40)/b29-21-. The van der Waals surface area contributed by atoms with Gasteiger partial charge in [0.15, 0.2) is 0 Å². The Morgan fingerprint density at radius 3 is 2.23 bits per heavy atom.